The highest BCUT2D eigenvalue weighted by Crippen LogP contribution is 2.40. The van der Waals surface area contributed by atoms with Gasteiger partial charge in [0.25, 0.3) is 17.4 Å². The Kier molecular flexibility index (Phi) is 8.39. The van der Waals surface area contributed by atoms with E-state index in [0.29, 0.717) is 46.7 Å². The second-order valence-corrected chi connectivity index (χ2v) is 12.0. The van der Waals surface area contributed by atoms with E-state index in [1.165, 1.54) is 0 Å². The Morgan fingerprint density at radius 2 is 1.84 bits per heavy atom. The van der Waals surface area contributed by atoms with Gasteiger partial charge in [-0.1, -0.05) is 30.3 Å². The van der Waals surface area contributed by atoms with E-state index in [1.807, 2.05) is 59.2 Å². The fourth-order valence-electron chi connectivity index (χ4n) is 6.33. The molecule has 0 radical (unpaired) electrons. The number of piperidine rings is 1. The van der Waals surface area contributed by atoms with Gasteiger partial charge in [0.1, 0.15) is 5.75 Å². The lowest BCUT2D eigenvalue weighted by Gasteiger charge is -2.44. The lowest BCUT2D eigenvalue weighted by atomic mass is 9.83. The molecule has 224 valence electrons. The van der Waals surface area contributed by atoms with Gasteiger partial charge in [-0.05, 0) is 82.9 Å². The van der Waals surface area contributed by atoms with E-state index in [2.05, 4.69) is 32.7 Å². The number of anilines is 3. The number of carbonyl (C=O) groups is 2. The number of methoxy groups -OCH3 is 1. The minimum atomic E-state index is -0.332. The summed E-state index contributed by atoms with van der Waals surface area (Å²) < 4.78 is 7.89. The van der Waals surface area contributed by atoms with Crippen molar-refractivity contribution in [1.82, 2.24) is 4.57 Å². The maximum Gasteiger partial charge on any atom is 0.258 e. The molecular formula is C35H33BrN4O4. The molecular weight excluding hydrogens is 620 g/mol. The van der Waals surface area contributed by atoms with Crippen LogP contribution in [-0.2, 0) is 6.54 Å². The van der Waals surface area contributed by atoms with Crippen molar-refractivity contribution in [3.63, 3.8) is 0 Å². The van der Waals surface area contributed by atoms with Crippen LogP contribution in [0.1, 0.15) is 38.7 Å². The van der Waals surface area contributed by atoms with Gasteiger partial charge in [-0.25, -0.2) is 0 Å². The average molecular weight is 654 g/mol. The summed E-state index contributed by atoms with van der Waals surface area (Å²) in [4.78, 5) is 44.1. The van der Waals surface area contributed by atoms with E-state index in [4.69, 9.17) is 4.74 Å². The molecule has 2 atom stereocenters. The number of ether oxygens (including phenoxy) is 1. The van der Waals surface area contributed by atoms with Crippen molar-refractivity contribution >= 4 is 44.8 Å². The molecule has 0 saturated carbocycles. The molecule has 0 aliphatic carbocycles. The van der Waals surface area contributed by atoms with Crippen molar-refractivity contribution in [3.8, 4) is 5.75 Å². The zero-order chi connectivity index (χ0) is 30.8. The number of nitrogens with zero attached hydrogens (tertiary/aromatic N) is 3. The molecule has 3 heterocycles. The van der Waals surface area contributed by atoms with Gasteiger partial charge in [0.05, 0.1) is 24.0 Å². The highest BCUT2D eigenvalue weighted by Gasteiger charge is 2.35. The third-order valence-electron chi connectivity index (χ3n) is 8.35. The summed E-state index contributed by atoms with van der Waals surface area (Å²) in [7, 11) is 1.55. The summed E-state index contributed by atoms with van der Waals surface area (Å²) in [6.07, 6.45) is 2.69. The zero-order valence-electron chi connectivity index (χ0n) is 24.4. The van der Waals surface area contributed by atoms with Gasteiger partial charge in [-0.15, -0.1) is 6.58 Å². The third-order valence-corrected chi connectivity index (χ3v) is 9.05. The number of benzene rings is 3. The van der Waals surface area contributed by atoms with Crippen LogP contribution in [0.15, 0.2) is 107 Å². The topological polar surface area (TPSA) is 83.9 Å². The van der Waals surface area contributed by atoms with E-state index in [1.54, 1.807) is 48.4 Å². The van der Waals surface area contributed by atoms with Crippen LogP contribution in [0.5, 0.6) is 5.75 Å². The normalized spacial score (nSPS) is 16.9. The lowest BCUT2D eigenvalue weighted by molar-refractivity contribution is 0.0987. The summed E-state index contributed by atoms with van der Waals surface area (Å²) in [6.45, 7) is 6.25. The first-order valence-electron chi connectivity index (χ1n) is 14.6. The van der Waals surface area contributed by atoms with Gasteiger partial charge in [0, 0.05) is 59.6 Å². The summed E-state index contributed by atoms with van der Waals surface area (Å²) in [6, 6.07) is 25.6. The zero-order valence-corrected chi connectivity index (χ0v) is 26.0. The molecule has 1 aromatic heterocycles. The Morgan fingerprint density at radius 1 is 1.02 bits per heavy atom. The number of aromatic nitrogens is 1. The second kappa shape index (κ2) is 12.5. The number of carbonyl (C=O) groups excluding carboxylic acids is 2. The quantitative estimate of drug-likeness (QED) is 0.225. The number of amides is 2. The van der Waals surface area contributed by atoms with Crippen LogP contribution in [0.3, 0.4) is 0 Å². The highest BCUT2D eigenvalue weighted by atomic mass is 79.9. The smallest absolute Gasteiger partial charge is 0.258 e. The molecule has 3 aromatic carbocycles. The average Bonchev–Trinajstić information content (AvgIpc) is 3.04. The first-order chi connectivity index (χ1) is 21.4. The largest absolute Gasteiger partial charge is 0.497 e. The number of nitrogens with one attached hydrogen (secondary N) is 1. The number of rotatable bonds is 8. The summed E-state index contributed by atoms with van der Waals surface area (Å²) >= 11 is 3.50. The standard InChI is InChI=1S/C35H33BrN4O4/c1-3-16-39(26-8-5-4-6-9-26)35(43)24-12-15-32(30(18-24)37-34(42)28-19-27(44-2)13-14-29(28)36)38-20-23-17-25(22-38)31-10-7-11-33(41)40(31)21-23/h3-15,18-19,23,25H,1,16-17,20-22H2,2H3,(H,37,42). The molecule has 2 aliphatic heterocycles. The van der Waals surface area contributed by atoms with Crippen molar-refractivity contribution in [3.05, 3.63) is 129 Å². The molecule has 8 nitrogen and oxygen atoms in total. The van der Waals surface area contributed by atoms with Crippen LogP contribution in [0.25, 0.3) is 0 Å². The van der Waals surface area contributed by atoms with E-state index in [0.717, 1.165) is 30.0 Å². The molecule has 4 aromatic rings. The number of para-hydroxylation sites is 1. The molecule has 9 heteroatoms. The third kappa shape index (κ3) is 5.79. The van der Waals surface area contributed by atoms with E-state index < -0.39 is 0 Å². The molecule has 1 saturated heterocycles. The molecule has 1 fully saturated rings. The van der Waals surface area contributed by atoms with Crippen LogP contribution in [-0.4, -0.2) is 43.1 Å². The lowest BCUT2D eigenvalue weighted by Crippen LogP contribution is -2.47. The van der Waals surface area contributed by atoms with Crippen molar-refractivity contribution < 1.29 is 14.3 Å². The maximum atomic E-state index is 13.9. The van der Waals surface area contributed by atoms with E-state index in [9.17, 15) is 14.4 Å². The minimum absolute atomic E-state index is 0.0350. The fourth-order valence-corrected chi connectivity index (χ4v) is 6.76. The molecule has 44 heavy (non-hydrogen) atoms. The van der Waals surface area contributed by atoms with E-state index >= 15 is 0 Å². The van der Waals surface area contributed by atoms with Crippen LogP contribution >= 0.6 is 15.9 Å². The van der Waals surface area contributed by atoms with Gasteiger partial charge in [-0.2, -0.15) is 0 Å². The van der Waals surface area contributed by atoms with Gasteiger partial charge in [0.15, 0.2) is 0 Å². The van der Waals surface area contributed by atoms with Gasteiger partial charge < -0.3 is 24.4 Å². The van der Waals surface area contributed by atoms with Crippen LogP contribution in [0.2, 0.25) is 0 Å². The Hall–Kier alpha value is -4.63. The predicted molar refractivity (Wildman–Crippen MR) is 177 cm³/mol. The predicted octanol–water partition coefficient (Wildman–Crippen LogP) is 6.33. The molecule has 2 bridgehead atoms. The summed E-state index contributed by atoms with van der Waals surface area (Å²) in [5.41, 5.74) is 4.04. The molecule has 2 unspecified atom stereocenters. The van der Waals surface area contributed by atoms with E-state index in [-0.39, 0.29) is 29.2 Å². The second-order valence-electron chi connectivity index (χ2n) is 11.2. The fraction of sp³-hybridized carbons (Fsp3) is 0.229. The molecule has 6 rings (SSSR count). The first kappa shape index (κ1) is 29.4. The molecule has 2 amide bonds. The van der Waals surface area contributed by atoms with Crippen LogP contribution in [0.4, 0.5) is 17.1 Å². The summed E-state index contributed by atoms with van der Waals surface area (Å²) in [5, 5.41) is 3.10. The molecule has 2 aliphatic rings. The molecule has 1 N–H and O–H groups in total. The Bertz CT molecular complexity index is 1790. The van der Waals surface area contributed by atoms with Gasteiger partial charge in [0.2, 0.25) is 0 Å². The first-order valence-corrected chi connectivity index (χ1v) is 15.4. The number of hydrogen-bond acceptors (Lipinski definition) is 5. The van der Waals surface area contributed by atoms with Crippen molar-refractivity contribution in [1.29, 1.82) is 0 Å². The number of hydrogen-bond donors (Lipinski definition) is 1. The SMILES string of the molecule is C=CCN(C(=O)c1ccc(N2CC3CC(C2)c2cccc(=O)n2C3)c(NC(=O)c2cc(OC)ccc2Br)c1)c1ccccc1. The Labute approximate surface area is 264 Å². The maximum absolute atomic E-state index is 13.9. The molecule has 0 spiro atoms. The number of halogens is 1. The van der Waals surface area contributed by atoms with Crippen LogP contribution < -0.4 is 25.4 Å². The monoisotopic (exact) mass is 652 g/mol. The Balaban J connectivity index is 1.38. The van der Waals surface area contributed by atoms with Crippen molar-refractivity contribution in [2.24, 2.45) is 5.92 Å². The Morgan fingerprint density at radius 3 is 2.61 bits per heavy atom. The highest BCUT2D eigenvalue weighted by molar-refractivity contribution is 9.10. The van der Waals surface area contributed by atoms with Crippen LogP contribution in [0, 0.1) is 5.92 Å². The van der Waals surface area contributed by atoms with Gasteiger partial charge >= 0.3 is 0 Å². The number of pyridine rings is 1. The van der Waals surface area contributed by atoms with Gasteiger partial charge in [-0.3, -0.25) is 14.4 Å². The van der Waals surface area contributed by atoms with Crippen molar-refractivity contribution in [2.45, 2.75) is 18.9 Å². The number of fused-ring (bicyclic) bond motifs is 4. The van der Waals surface area contributed by atoms with Crippen molar-refractivity contribution in [2.75, 3.05) is 41.9 Å². The summed E-state index contributed by atoms with van der Waals surface area (Å²) in [5.74, 6) is 0.476. The minimum Gasteiger partial charge on any atom is -0.497 e.